The standard InChI is InChI=1S/C13H10FN3O/c1-18-12-4-3-9(7-11(12)14)10(8-15)13-16-5-2-6-17-13/h2-7,10H,1H3. The molecule has 2 rings (SSSR count). The molecule has 2 aromatic rings. The van der Waals surface area contributed by atoms with Gasteiger partial charge in [-0.1, -0.05) is 6.07 Å². The quantitative estimate of drug-likeness (QED) is 0.829. The molecule has 0 saturated carbocycles. The Morgan fingerprint density at radius 2 is 2.06 bits per heavy atom. The number of methoxy groups -OCH3 is 1. The molecule has 1 heterocycles. The van der Waals surface area contributed by atoms with Crippen molar-refractivity contribution in [1.29, 1.82) is 5.26 Å². The Kier molecular flexibility index (Phi) is 3.49. The van der Waals surface area contributed by atoms with Crippen LogP contribution in [0.3, 0.4) is 0 Å². The van der Waals surface area contributed by atoms with Crippen molar-refractivity contribution in [1.82, 2.24) is 9.97 Å². The van der Waals surface area contributed by atoms with E-state index in [9.17, 15) is 4.39 Å². The normalized spacial score (nSPS) is 11.6. The minimum Gasteiger partial charge on any atom is -0.494 e. The highest BCUT2D eigenvalue weighted by molar-refractivity contribution is 5.37. The Balaban J connectivity index is 2.41. The summed E-state index contributed by atoms with van der Waals surface area (Å²) >= 11 is 0. The zero-order valence-electron chi connectivity index (χ0n) is 9.67. The van der Waals surface area contributed by atoms with E-state index >= 15 is 0 Å². The van der Waals surface area contributed by atoms with Gasteiger partial charge in [-0.05, 0) is 23.8 Å². The molecule has 0 fully saturated rings. The fourth-order valence-corrected chi connectivity index (χ4v) is 1.60. The van der Waals surface area contributed by atoms with E-state index in [1.807, 2.05) is 0 Å². The second-order valence-electron chi connectivity index (χ2n) is 3.56. The molecule has 18 heavy (non-hydrogen) atoms. The summed E-state index contributed by atoms with van der Waals surface area (Å²) in [6.07, 6.45) is 3.10. The minimum absolute atomic E-state index is 0.143. The monoisotopic (exact) mass is 243 g/mol. The minimum atomic E-state index is -0.688. The molecule has 0 aliphatic rings. The van der Waals surface area contributed by atoms with Gasteiger partial charge in [-0.2, -0.15) is 5.26 Å². The second-order valence-corrected chi connectivity index (χ2v) is 3.56. The molecule has 0 N–H and O–H groups in total. The fourth-order valence-electron chi connectivity index (χ4n) is 1.60. The number of nitrogens with zero attached hydrogens (tertiary/aromatic N) is 3. The van der Waals surface area contributed by atoms with E-state index in [4.69, 9.17) is 10.00 Å². The summed E-state index contributed by atoms with van der Waals surface area (Å²) in [5.41, 5.74) is 0.502. The van der Waals surface area contributed by atoms with Gasteiger partial charge in [0.15, 0.2) is 11.6 Å². The van der Waals surface area contributed by atoms with Crippen LogP contribution in [0.2, 0.25) is 0 Å². The first-order chi connectivity index (χ1) is 8.76. The van der Waals surface area contributed by atoms with Crippen molar-refractivity contribution < 1.29 is 9.13 Å². The molecule has 0 aliphatic heterocycles. The van der Waals surface area contributed by atoms with Gasteiger partial charge in [0.1, 0.15) is 11.7 Å². The van der Waals surface area contributed by atoms with Crippen molar-refractivity contribution in [2.24, 2.45) is 0 Å². The predicted octanol–water partition coefficient (Wildman–Crippen LogP) is 2.28. The molecule has 1 unspecified atom stereocenters. The molecule has 0 saturated heterocycles. The number of rotatable bonds is 3. The zero-order valence-corrected chi connectivity index (χ0v) is 9.67. The van der Waals surface area contributed by atoms with Crippen molar-refractivity contribution in [2.45, 2.75) is 5.92 Å². The van der Waals surface area contributed by atoms with Crippen molar-refractivity contribution in [2.75, 3.05) is 7.11 Å². The van der Waals surface area contributed by atoms with Gasteiger partial charge in [0, 0.05) is 12.4 Å². The van der Waals surface area contributed by atoms with Crippen molar-refractivity contribution >= 4 is 0 Å². The van der Waals surface area contributed by atoms with E-state index in [1.54, 1.807) is 24.5 Å². The highest BCUT2D eigenvalue weighted by atomic mass is 19.1. The van der Waals surface area contributed by atoms with Crippen LogP contribution in [0.25, 0.3) is 0 Å². The molecule has 0 bridgehead atoms. The van der Waals surface area contributed by atoms with E-state index in [1.165, 1.54) is 19.2 Å². The van der Waals surface area contributed by atoms with Gasteiger partial charge in [0.25, 0.3) is 0 Å². The van der Waals surface area contributed by atoms with Crippen LogP contribution < -0.4 is 4.74 Å². The van der Waals surface area contributed by atoms with Crippen LogP contribution in [0.15, 0.2) is 36.7 Å². The van der Waals surface area contributed by atoms with Crippen LogP contribution in [0.1, 0.15) is 17.3 Å². The maximum atomic E-state index is 13.6. The highest BCUT2D eigenvalue weighted by Crippen LogP contribution is 2.25. The largest absolute Gasteiger partial charge is 0.494 e. The lowest BCUT2D eigenvalue weighted by molar-refractivity contribution is 0.386. The van der Waals surface area contributed by atoms with Crippen LogP contribution >= 0.6 is 0 Å². The van der Waals surface area contributed by atoms with E-state index in [-0.39, 0.29) is 5.75 Å². The van der Waals surface area contributed by atoms with Gasteiger partial charge < -0.3 is 4.74 Å². The SMILES string of the molecule is COc1ccc(C(C#N)c2ncccn2)cc1F. The third kappa shape index (κ3) is 2.28. The summed E-state index contributed by atoms with van der Waals surface area (Å²) in [6, 6.07) is 8.11. The topological polar surface area (TPSA) is 58.8 Å². The Hall–Kier alpha value is -2.48. The maximum Gasteiger partial charge on any atom is 0.165 e. The molecule has 0 radical (unpaired) electrons. The molecular weight excluding hydrogens is 233 g/mol. The molecule has 1 aromatic carbocycles. The first-order valence-corrected chi connectivity index (χ1v) is 5.26. The average Bonchev–Trinajstić information content (AvgIpc) is 2.41. The lowest BCUT2D eigenvalue weighted by Gasteiger charge is -2.09. The van der Waals surface area contributed by atoms with Crippen molar-refractivity contribution in [3.05, 3.63) is 53.9 Å². The number of aromatic nitrogens is 2. The number of ether oxygens (including phenoxy) is 1. The number of hydrogen-bond acceptors (Lipinski definition) is 4. The summed E-state index contributed by atoms with van der Waals surface area (Å²) in [4.78, 5) is 8.02. The summed E-state index contributed by atoms with van der Waals surface area (Å²) in [6.45, 7) is 0. The van der Waals surface area contributed by atoms with E-state index < -0.39 is 11.7 Å². The van der Waals surface area contributed by atoms with Gasteiger partial charge in [-0.15, -0.1) is 0 Å². The van der Waals surface area contributed by atoms with E-state index in [0.29, 0.717) is 11.4 Å². The van der Waals surface area contributed by atoms with Crippen LogP contribution in [0, 0.1) is 17.1 Å². The zero-order chi connectivity index (χ0) is 13.0. The lowest BCUT2D eigenvalue weighted by Crippen LogP contribution is -2.04. The number of nitriles is 1. The van der Waals surface area contributed by atoms with Gasteiger partial charge in [-0.3, -0.25) is 0 Å². The first-order valence-electron chi connectivity index (χ1n) is 5.26. The first kappa shape index (κ1) is 12.0. The van der Waals surface area contributed by atoms with E-state index in [2.05, 4.69) is 16.0 Å². The number of hydrogen-bond donors (Lipinski definition) is 0. The summed E-state index contributed by atoms with van der Waals surface area (Å²) < 4.78 is 18.4. The van der Waals surface area contributed by atoms with Crippen LogP contribution in [-0.4, -0.2) is 17.1 Å². The summed E-state index contributed by atoms with van der Waals surface area (Å²) in [5, 5.41) is 9.17. The van der Waals surface area contributed by atoms with Gasteiger partial charge in [0.05, 0.1) is 13.2 Å². The maximum absolute atomic E-state index is 13.6. The Morgan fingerprint density at radius 1 is 1.33 bits per heavy atom. The van der Waals surface area contributed by atoms with Crippen LogP contribution in [-0.2, 0) is 0 Å². The Labute approximate surface area is 104 Å². The second kappa shape index (κ2) is 5.23. The molecule has 1 aromatic heterocycles. The number of benzene rings is 1. The molecule has 90 valence electrons. The Bertz CT molecular complexity index is 581. The van der Waals surface area contributed by atoms with Gasteiger partial charge >= 0.3 is 0 Å². The highest BCUT2D eigenvalue weighted by Gasteiger charge is 2.17. The molecule has 0 amide bonds. The van der Waals surface area contributed by atoms with Crippen LogP contribution in [0.4, 0.5) is 4.39 Å². The lowest BCUT2D eigenvalue weighted by atomic mass is 9.99. The Morgan fingerprint density at radius 3 is 2.61 bits per heavy atom. The molecule has 1 atom stereocenters. The third-order valence-electron chi connectivity index (χ3n) is 2.48. The smallest absolute Gasteiger partial charge is 0.165 e. The van der Waals surface area contributed by atoms with E-state index in [0.717, 1.165) is 0 Å². The molecular formula is C13H10FN3O. The molecule has 0 aliphatic carbocycles. The fraction of sp³-hybridized carbons (Fsp3) is 0.154. The summed E-state index contributed by atoms with van der Waals surface area (Å²) in [7, 11) is 1.39. The summed E-state index contributed by atoms with van der Waals surface area (Å²) in [5.74, 6) is -0.702. The average molecular weight is 243 g/mol. The van der Waals surface area contributed by atoms with Crippen LogP contribution in [0.5, 0.6) is 5.75 Å². The van der Waals surface area contributed by atoms with Crippen molar-refractivity contribution in [3.8, 4) is 11.8 Å². The van der Waals surface area contributed by atoms with Gasteiger partial charge in [0.2, 0.25) is 0 Å². The number of halogens is 1. The van der Waals surface area contributed by atoms with Gasteiger partial charge in [-0.25, -0.2) is 14.4 Å². The molecule has 4 nitrogen and oxygen atoms in total. The predicted molar refractivity (Wildman–Crippen MR) is 62.4 cm³/mol. The molecule has 0 spiro atoms. The van der Waals surface area contributed by atoms with Crippen molar-refractivity contribution in [3.63, 3.8) is 0 Å². The molecule has 5 heteroatoms. The third-order valence-corrected chi connectivity index (χ3v) is 2.48.